The molecule has 2 heterocycles. The fraction of sp³-hybridized carbons (Fsp3) is 0.688. The van der Waals surface area contributed by atoms with Crippen molar-refractivity contribution in [2.45, 2.75) is 52.7 Å². The lowest BCUT2D eigenvalue weighted by atomic mass is 9.96. The summed E-state index contributed by atoms with van der Waals surface area (Å²) in [5.74, 6) is 0.883. The fourth-order valence-electron chi connectivity index (χ4n) is 3.37. The van der Waals surface area contributed by atoms with E-state index in [1.54, 1.807) is 13.2 Å². The number of amides is 1. The van der Waals surface area contributed by atoms with E-state index in [4.69, 9.17) is 0 Å². The smallest absolute Gasteiger partial charge is 0.242 e. The third-order valence-electron chi connectivity index (χ3n) is 4.22. The molecule has 0 spiro atoms. The predicted molar refractivity (Wildman–Crippen MR) is 107 cm³/mol. The second-order valence-corrected chi connectivity index (χ2v) is 6.95. The Morgan fingerprint density at radius 2 is 2.17 bits per heavy atom. The molecule has 2 N–H and O–H groups in total. The number of nitrogens with zero attached hydrogens (tertiary/aromatic N) is 4. The molecule has 24 heavy (non-hydrogen) atoms. The van der Waals surface area contributed by atoms with Gasteiger partial charge in [-0.2, -0.15) is 5.10 Å². The maximum atomic E-state index is 12.6. The highest BCUT2D eigenvalue weighted by molar-refractivity contribution is 14.0. The van der Waals surface area contributed by atoms with E-state index in [-0.39, 0.29) is 41.5 Å². The fourth-order valence-corrected chi connectivity index (χ4v) is 3.37. The number of H-pyrrole nitrogens is 1. The molecule has 1 aromatic rings. The number of guanidine groups is 1. The molecule has 2 rings (SSSR count). The summed E-state index contributed by atoms with van der Waals surface area (Å²) in [7, 11) is 1.75. The van der Waals surface area contributed by atoms with E-state index in [1.807, 2.05) is 16.7 Å². The van der Waals surface area contributed by atoms with Crippen molar-refractivity contribution in [3.8, 4) is 0 Å². The predicted octanol–water partition coefficient (Wildman–Crippen LogP) is 1.74. The number of hydrogen-bond acceptors (Lipinski definition) is 3. The summed E-state index contributed by atoms with van der Waals surface area (Å²) in [6.45, 7) is 12.0. The Labute approximate surface area is 161 Å². The van der Waals surface area contributed by atoms with Crippen molar-refractivity contribution in [1.82, 2.24) is 25.3 Å². The van der Waals surface area contributed by atoms with Crippen LogP contribution in [0.25, 0.3) is 0 Å². The molecule has 1 amide bonds. The van der Waals surface area contributed by atoms with Gasteiger partial charge in [0.05, 0.1) is 18.3 Å². The average Bonchev–Trinajstić information content (AvgIpc) is 2.82. The SMILES string of the molecule is CN=C(NCc1cn[nH]c1C)N1CC(=O)N(C(C)C)C(C)(C)C1.I. The van der Waals surface area contributed by atoms with E-state index in [0.717, 1.165) is 23.8 Å². The van der Waals surface area contributed by atoms with Gasteiger partial charge in [0.1, 0.15) is 0 Å². The lowest BCUT2D eigenvalue weighted by molar-refractivity contribution is -0.145. The van der Waals surface area contributed by atoms with E-state index >= 15 is 0 Å². The Balaban J connectivity index is 0.00000288. The maximum Gasteiger partial charge on any atom is 0.242 e. The minimum absolute atomic E-state index is 0. The van der Waals surface area contributed by atoms with Crippen LogP contribution in [0.15, 0.2) is 11.2 Å². The topological polar surface area (TPSA) is 76.6 Å². The van der Waals surface area contributed by atoms with Gasteiger partial charge in [-0.25, -0.2) is 0 Å². The van der Waals surface area contributed by atoms with Crippen LogP contribution in [0.1, 0.15) is 39.0 Å². The Bertz CT molecular complexity index is 595. The van der Waals surface area contributed by atoms with Crippen LogP contribution in [0.5, 0.6) is 0 Å². The molecule has 136 valence electrons. The van der Waals surface area contributed by atoms with Gasteiger partial charge in [-0.1, -0.05) is 0 Å². The van der Waals surface area contributed by atoms with E-state index in [9.17, 15) is 4.79 Å². The molecule has 0 atom stereocenters. The first kappa shape index (κ1) is 20.7. The maximum absolute atomic E-state index is 12.6. The molecule has 7 nitrogen and oxygen atoms in total. The third kappa shape index (κ3) is 4.40. The zero-order valence-corrected chi connectivity index (χ0v) is 17.7. The summed E-state index contributed by atoms with van der Waals surface area (Å²) < 4.78 is 0. The van der Waals surface area contributed by atoms with E-state index in [0.29, 0.717) is 13.1 Å². The summed E-state index contributed by atoms with van der Waals surface area (Å²) in [5, 5.41) is 10.3. The first-order valence-electron chi connectivity index (χ1n) is 8.03. The van der Waals surface area contributed by atoms with E-state index in [1.165, 1.54) is 0 Å². The largest absolute Gasteiger partial charge is 0.352 e. The number of aromatic amines is 1. The molecule has 0 aliphatic carbocycles. The molecule has 0 saturated carbocycles. The van der Waals surface area contributed by atoms with Crippen LogP contribution in [-0.2, 0) is 11.3 Å². The molecule has 1 fully saturated rings. The molecule has 8 heteroatoms. The Hall–Kier alpha value is -1.32. The summed E-state index contributed by atoms with van der Waals surface area (Å²) in [5.41, 5.74) is 1.90. The second kappa shape index (κ2) is 8.17. The number of rotatable bonds is 3. The number of halogens is 1. The molecule has 1 saturated heterocycles. The van der Waals surface area contributed by atoms with Crippen LogP contribution in [0.2, 0.25) is 0 Å². The zero-order chi connectivity index (χ0) is 17.2. The molecular formula is C16H29IN6O. The summed E-state index contributed by atoms with van der Waals surface area (Å²) in [6.07, 6.45) is 1.81. The number of nitrogens with one attached hydrogen (secondary N) is 2. The van der Waals surface area contributed by atoms with Gasteiger partial charge in [-0.15, -0.1) is 24.0 Å². The Morgan fingerprint density at radius 3 is 2.62 bits per heavy atom. The van der Waals surface area contributed by atoms with Crippen molar-refractivity contribution in [3.05, 3.63) is 17.5 Å². The second-order valence-electron chi connectivity index (χ2n) is 6.95. The molecule has 0 unspecified atom stereocenters. The number of aromatic nitrogens is 2. The zero-order valence-electron chi connectivity index (χ0n) is 15.4. The lowest BCUT2D eigenvalue weighted by Crippen LogP contribution is -2.66. The number of carbonyl (C=O) groups is 1. The van der Waals surface area contributed by atoms with Gasteiger partial charge >= 0.3 is 0 Å². The molecule has 1 aliphatic heterocycles. The summed E-state index contributed by atoms with van der Waals surface area (Å²) in [6, 6.07) is 0.197. The van der Waals surface area contributed by atoms with Crippen molar-refractivity contribution < 1.29 is 4.79 Å². The monoisotopic (exact) mass is 448 g/mol. The van der Waals surface area contributed by atoms with Gasteiger partial charge < -0.3 is 15.1 Å². The minimum Gasteiger partial charge on any atom is -0.352 e. The molecular weight excluding hydrogens is 419 g/mol. The van der Waals surface area contributed by atoms with E-state index < -0.39 is 0 Å². The van der Waals surface area contributed by atoms with Crippen molar-refractivity contribution in [2.24, 2.45) is 4.99 Å². The van der Waals surface area contributed by atoms with Gasteiger partial charge in [0.25, 0.3) is 0 Å². The van der Waals surface area contributed by atoms with Crippen LogP contribution in [0.4, 0.5) is 0 Å². The van der Waals surface area contributed by atoms with Crippen LogP contribution in [0.3, 0.4) is 0 Å². The molecule has 0 radical (unpaired) electrons. The first-order chi connectivity index (χ1) is 10.8. The lowest BCUT2D eigenvalue weighted by Gasteiger charge is -2.49. The summed E-state index contributed by atoms with van der Waals surface area (Å²) >= 11 is 0. The molecule has 1 aromatic heterocycles. The summed E-state index contributed by atoms with van der Waals surface area (Å²) in [4.78, 5) is 20.9. The van der Waals surface area contributed by atoms with Gasteiger partial charge in [0, 0.05) is 37.4 Å². The Morgan fingerprint density at radius 1 is 1.50 bits per heavy atom. The van der Waals surface area contributed by atoms with Gasteiger partial charge in [0.2, 0.25) is 5.91 Å². The van der Waals surface area contributed by atoms with Gasteiger partial charge in [-0.3, -0.25) is 14.9 Å². The highest BCUT2D eigenvalue weighted by atomic mass is 127. The quantitative estimate of drug-likeness (QED) is 0.420. The van der Waals surface area contributed by atoms with Gasteiger partial charge in [0.15, 0.2) is 5.96 Å². The van der Waals surface area contributed by atoms with E-state index in [2.05, 4.69) is 48.2 Å². The number of piperazine rings is 1. The number of carbonyl (C=O) groups excluding carboxylic acids is 1. The van der Waals surface area contributed by atoms with Crippen LogP contribution >= 0.6 is 24.0 Å². The highest BCUT2D eigenvalue weighted by Crippen LogP contribution is 2.24. The van der Waals surface area contributed by atoms with Crippen molar-refractivity contribution in [3.63, 3.8) is 0 Å². The molecule has 0 aromatic carbocycles. The van der Waals surface area contributed by atoms with Crippen LogP contribution in [0, 0.1) is 6.92 Å². The number of hydrogen-bond donors (Lipinski definition) is 2. The molecule has 0 bridgehead atoms. The molecule has 1 aliphatic rings. The van der Waals surface area contributed by atoms with Crippen molar-refractivity contribution >= 4 is 35.8 Å². The average molecular weight is 448 g/mol. The third-order valence-corrected chi connectivity index (χ3v) is 4.22. The standard InChI is InChI=1S/C16H28N6O.HI/c1-11(2)22-14(23)9-21(10-16(22,4)5)15(17-6)18-7-13-8-19-20-12(13)3;/h8,11H,7,9-10H2,1-6H3,(H,17,18)(H,19,20);1H. The minimum atomic E-state index is -0.229. The first-order valence-corrected chi connectivity index (χ1v) is 8.03. The van der Waals surface area contributed by atoms with Gasteiger partial charge in [-0.05, 0) is 34.6 Å². The highest BCUT2D eigenvalue weighted by Gasteiger charge is 2.40. The number of aliphatic imine (C=N–C) groups is 1. The van der Waals surface area contributed by atoms with Crippen LogP contribution < -0.4 is 5.32 Å². The Kier molecular flexibility index (Phi) is 7.06. The van der Waals surface area contributed by atoms with Crippen molar-refractivity contribution in [2.75, 3.05) is 20.1 Å². The normalized spacial score (nSPS) is 18.0. The van der Waals surface area contributed by atoms with Crippen LogP contribution in [-0.4, -0.2) is 63.6 Å². The van der Waals surface area contributed by atoms with Crippen molar-refractivity contribution in [1.29, 1.82) is 0 Å². The number of aryl methyl sites for hydroxylation is 1.